The van der Waals surface area contributed by atoms with E-state index >= 15 is 0 Å². The predicted octanol–water partition coefficient (Wildman–Crippen LogP) is 2.29. The van der Waals surface area contributed by atoms with Gasteiger partial charge in [-0.2, -0.15) is 0 Å². The van der Waals surface area contributed by atoms with Crippen molar-refractivity contribution in [3.8, 4) is 0 Å². The van der Waals surface area contributed by atoms with Gasteiger partial charge in [-0.1, -0.05) is 19.0 Å². The number of hydrogen-bond donors (Lipinski definition) is 2. The lowest BCUT2D eigenvalue weighted by Crippen LogP contribution is -2.39. The van der Waals surface area contributed by atoms with Crippen molar-refractivity contribution >= 4 is 5.84 Å². The van der Waals surface area contributed by atoms with Crippen LogP contribution in [0.25, 0.3) is 0 Å². The van der Waals surface area contributed by atoms with Crippen LogP contribution in [0, 0.1) is 11.3 Å². The fourth-order valence-corrected chi connectivity index (χ4v) is 2.59. The van der Waals surface area contributed by atoms with Crippen molar-refractivity contribution in [1.29, 1.82) is 0 Å². The van der Waals surface area contributed by atoms with Crippen molar-refractivity contribution in [3.05, 3.63) is 0 Å². The van der Waals surface area contributed by atoms with E-state index in [-0.39, 0.29) is 5.41 Å². The van der Waals surface area contributed by atoms with Gasteiger partial charge in [0.25, 0.3) is 0 Å². The summed E-state index contributed by atoms with van der Waals surface area (Å²) in [5, 5.41) is 11.9. The molecule has 1 saturated carbocycles. The Bertz CT molecular complexity index is 314. The van der Waals surface area contributed by atoms with E-state index in [1.54, 1.807) is 7.11 Å². The predicted molar refractivity (Wildman–Crippen MR) is 82.1 cm³/mol. The standard InChI is InChI=1S/C15H31N3O2/c1-12(13-6-7-13)18(10-11-20-4)9-5-8-15(2,3)14(16)17-19/h12-13,19H,5-11H2,1-4H3,(H2,16,17). The van der Waals surface area contributed by atoms with Crippen molar-refractivity contribution in [3.63, 3.8) is 0 Å². The zero-order chi connectivity index (χ0) is 15.2. The highest BCUT2D eigenvalue weighted by Gasteiger charge is 2.32. The van der Waals surface area contributed by atoms with Crippen LogP contribution in [-0.2, 0) is 4.74 Å². The summed E-state index contributed by atoms with van der Waals surface area (Å²) < 4.78 is 5.21. The smallest absolute Gasteiger partial charge is 0.144 e. The zero-order valence-electron chi connectivity index (χ0n) is 13.4. The molecule has 1 rings (SSSR count). The van der Waals surface area contributed by atoms with Gasteiger partial charge in [0.2, 0.25) is 0 Å². The Morgan fingerprint density at radius 2 is 2.10 bits per heavy atom. The highest BCUT2D eigenvalue weighted by Crippen LogP contribution is 2.35. The second-order valence-corrected chi connectivity index (χ2v) is 6.58. The Labute approximate surface area is 123 Å². The van der Waals surface area contributed by atoms with Gasteiger partial charge in [0.15, 0.2) is 0 Å². The molecule has 0 heterocycles. The summed E-state index contributed by atoms with van der Waals surface area (Å²) in [6.07, 6.45) is 4.69. The number of ether oxygens (including phenoxy) is 1. The minimum atomic E-state index is -0.246. The molecule has 0 aromatic heterocycles. The Balaban J connectivity index is 2.41. The Morgan fingerprint density at radius 1 is 1.45 bits per heavy atom. The number of oxime groups is 1. The highest BCUT2D eigenvalue weighted by atomic mass is 16.5. The second-order valence-electron chi connectivity index (χ2n) is 6.58. The van der Waals surface area contributed by atoms with Crippen molar-refractivity contribution in [2.75, 3.05) is 26.8 Å². The molecular formula is C15H31N3O2. The van der Waals surface area contributed by atoms with Crippen LogP contribution in [0.4, 0.5) is 0 Å². The molecule has 1 atom stereocenters. The zero-order valence-corrected chi connectivity index (χ0v) is 13.4. The summed E-state index contributed by atoms with van der Waals surface area (Å²) in [6, 6.07) is 0.636. The average Bonchev–Trinajstić information content (AvgIpc) is 3.25. The molecule has 5 heteroatoms. The first-order chi connectivity index (χ1) is 9.42. The Morgan fingerprint density at radius 3 is 2.60 bits per heavy atom. The third-order valence-corrected chi connectivity index (χ3v) is 4.51. The minimum absolute atomic E-state index is 0.246. The summed E-state index contributed by atoms with van der Waals surface area (Å²) in [5.74, 6) is 1.18. The molecule has 3 N–H and O–H groups in total. The number of nitrogens with zero attached hydrogens (tertiary/aromatic N) is 2. The molecule has 1 unspecified atom stereocenters. The van der Waals surface area contributed by atoms with E-state index in [1.807, 2.05) is 13.8 Å². The van der Waals surface area contributed by atoms with Gasteiger partial charge in [-0.3, -0.25) is 4.90 Å². The number of nitrogens with two attached hydrogens (primary N) is 1. The van der Waals surface area contributed by atoms with Gasteiger partial charge in [0.05, 0.1) is 6.61 Å². The summed E-state index contributed by atoms with van der Waals surface area (Å²) in [4.78, 5) is 2.52. The van der Waals surface area contributed by atoms with Gasteiger partial charge in [-0.15, -0.1) is 0 Å². The van der Waals surface area contributed by atoms with Gasteiger partial charge in [-0.05, 0) is 45.1 Å². The van der Waals surface area contributed by atoms with E-state index < -0.39 is 0 Å². The molecule has 0 aliphatic heterocycles. The maximum Gasteiger partial charge on any atom is 0.144 e. The molecule has 20 heavy (non-hydrogen) atoms. The van der Waals surface area contributed by atoms with Gasteiger partial charge in [-0.25, -0.2) is 0 Å². The van der Waals surface area contributed by atoms with E-state index in [0.29, 0.717) is 11.9 Å². The summed E-state index contributed by atoms with van der Waals surface area (Å²) in [5.41, 5.74) is 5.49. The van der Waals surface area contributed by atoms with Crippen LogP contribution in [0.15, 0.2) is 5.16 Å². The van der Waals surface area contributed by atoms with Gasteiger partial charge in [0, 0.05) is 25.1 Å². The van der Waals surface area contributed by atoms with Crippen molar-refractivity contribution in [2.45, 2.75) is 52.5 Å². The van der Waals surface area contributed by atoms with Gasteiger partial charge >= 0.3 is 0 Å². The van der Waals surface area contributed by atoms with Crippen LogP contribution in [0.1, 0.15) is 46.5 Å². The topological polar surface area (TPSA) is 71.1 Å². The molecule has 0 aromatic carbocycles. The molecule has 1 aliphatic carbocycles. The third kappa shape index (κ3) is 5.29. The first kappa shape index (κ1) is 17.2. The largest absolute Gasteiger partial charge is 0.409 e. The lowest BCUT2D eigenvalue weighted by atomic mass is 9.86. The molecule has 5 nitrogen and oxygen atoms in total. The Hall–Kier alpha value is -0.810. The van der Waals surface area contributed by atoms with Crippen LogP contribution < -0.4 is 5.73 Å². The number of rotatable bonds is 10. The fourth-order valence-electron chi connectivity index (χ4n) is 2.59. The lowest BCUT2D eigenvalue weighted by molar-refractivity contribution is 0.113. The maximum atomic E-state index is 8.80. The van der Waals surface area contributed by atoms with E-state index in [4.69, 9.17) is 15.7 Å². The fraction of sp³-hybridized carbons (Fsp3) is 0.933. The van der Waals surface area contributed by atoms with Crippen LogP contribution in [0.3, 0.4) is 0 Å². The summed E-state index contributed by atoms with van der Waals surface area (Å²) >= 11 is 0. The average molecular weight is 285 g/mol. The molecule has 0 aromatic rings. The van der Waals surface area contributed by atoms with E-state index in [2.05, 4.69) is 17.0 Å². The quantitative estimate of drug-likeness (QED) is 0.280. The summed E-state index contributed by atoms with van der Waals surface area (Å²) in [7, 11) is 1.75. The minimum Gasteiger partial charge on any atom is -0.409 e. The van der Waals surface area contributed by atoms with E-state index in [1.165, 1.54) is 12.8 Å². The molecule has 1 fully saturated rings. The van der Waals surface area contributed by atoms with Crippen LogP contribution >= 0.6 is 0 Å². The molecule has 0 amide bonds. The SMILES string of the molecule is COCCN(CCCC(C)(C)C(N)=NO)C(C)C1CC1. The first-order valence-corrected chi connectivity index (χ1v) is 7.63. The van der Waals surface area contributed by atoms with Gasteiger partial charge < -0.3 is 15.7 Å². The summed E-state index contributed by atoms with van der Waals surface area (Å²) in [6.45, 7) is 9.17. The lowest BCUT2D eigenvalue weighted by Gasteiger charge is -2.30. The second kappa shape index (κ2) is 7.84. The molecule has 118 valence electrons. The maximum absolute atomic E-state index is 8.80. The Kier molecular flexibility index (Phi) is 6.76. The van der Waals surface area contributed by atoms with Crippen molar-refractivity contribution in [2.24, 2.45) is 22.2 Å². The van der Waals surface area contributed by atoms with Crippen LogP contribution in [0.2, 0.25) is 0 Å². The molecular weight excluding hydrogens is 254 g/mol. The molecule has 1 aliphatic rings. The van der Waals surface area contributed by atoms with Crippen molar-refractivity contribution in [1.82, 2.24) is 4.90 Å². The third-order valence-electron chi connectivity index (χ3n) is 4.51. The van der Waals surface area contributed by atoms with E-state index in [0.717, 1.165) is 38.5 Å². The molecule has 0 radical (unpaired) electrons. The molecule has 0 bridgehead atoms. The van der Waals surface area contributed by atoms with E-state index in [9.17, 15) is 0 Å². The number of methoxy groups -OCH3 is 1. The molecule has 0 spiro atoms. The highest BCUT2D eigenvalue weighted by molar-refractivity contribution is 5.85. The molecule has 0 saturated heterocycles. The van der Waals surface area contributed by atoms with Crippen LogP contribution in [0.5, 0.6) is 0 Å². The number of amidine groups is 1. The van der Waals surface area contributed by atoms with Crippen molar-refractivity contribution < 1.29 is 9.94 Å². The van der Waals surface area contributed by atoms with Crippen LogP contribution in [-0.4, -0.2) is 48.8 Å². The normalized spacial score (nSPS) is 18.6. The van der Waals surface area contributed by atoms with Gasteiger partial charge in [0.1, 0.15) is 5.84 Å². The number of hydrogen-bond acceptors (Lipinski definition) is 4. The first-order valence-electron chi connectivity index (χ1n) is 7.63. The monoisotopic (exact) mass is 285 g/mol.